The fraction of sp³-hybridized carbons (Fsp3) is 0.182. The van der Waals surface area contributed by atoms with Crippen LogP contribution in [0.25, 0.3) is 0 Å². The van der Waals surface area contributed by atoms with Gasteiger partial charge < -0.3 is 10.6 Å². The first-order chi connectivity index (χ1) is 9.15. The Bertz CT molecular complexity index is 581. The van der Waals surface area contributed by atoms with E-state index >= 15 is 0 Å². The van der Waals surface area contributed by atoms with E-state index < -0.39 is 6.03 Å². The lowest BCUT2D eigenvalue weighted by Gasteiger charge is -2.06. The summed E-state index contributed by atoms with van der Waals surface area (Å²) in [5.41, 5.74) is 1.08. The van der Waals surface area contributed by atoms with Crippen molar-refractivity contribution in [3.05, 3.63) is 35.7 Å². The molecule has 0 fully saturated rings. The zero-order valence-electron chi connectivity index (χ0n) is 10.2. The van der Waals surface area contributed by atoms with E-state index in [0.717, 1.165) is 0 Å². The molecule has 98 valence electrons. The van der Waals surface area contributed by atoms with Gasteiger partial charge in [-0.15, -0.1) is 10.2 Å². The minimum atomic E-state index is -0.412. The normalized spacial score (nSPS) is 9.95. The lowest BCUT2D eigenvalue weighted by atomic mass is 10.1. The largest absolute Gasteiger partial charge is 0.330 e. The van der Waals surface area contributed by atoms with Crippen molar-refractivity contribution < 1.29 is 9.59 Å². The molecular weight excluding hydrogens is 248 g/mol. The third-order valence-corrected chi connectivity index (χ3v) is 2.32. The van der Waals surface area contributed by atoms with Crippen LogP contribution in [0, 0.1) is 0 Å². The van der Waals surface area contributed by atoms with Crippen LogP contribution < -0.4 is 10.6 Å². The predicted molar refractivity (Wildman–Crippen MR) is 66.5 cm³/mol. The van der Waals surface area contributed by atoms with E-state index in [-0.39, 0.29) is 12.3 Å². The average molecular weight is 260 g/mol. The molecule has 0 aliphatic carbocycles. The minimum absolute atomic E-state index is 0.0594. The number of amides is 2. The van der Waals surface area contributed by atoms with Crippen LogP contribution in [0.15, 0.2) is 24.3 Å². The number of rotatable bonds is 4. The fourth-order valence-corrected chi connectivity index (χ4v) is 1.41. The maximum atomic E-state index is 11.6. The number of anilines is 1. The first kappa shape index (κ1) is 12.7. The van der Waals surface area contributed by atoms with Gasteiger partial charge in [-0.05, 0) is 19.1 Å². The first-order valence-corrected chi connectivity index (χ1v) is 5.53. The Balaban J connectivity index is 1.91. The van der Waals surface area contributed by atoms with Gasteiger partial charge in [-0.2, -0.15) is 5.21 Å². The molecule has 0 bridgehead atoms. The van der Waals surface area contributed by atoms with Crippen LogP contribution in [0.4, 0.5) is 10.5 Å². The number of nitrogens with zero attached hydrogens (tertiary/aromatic N) is 3. The zero-order chi connectivity index (χ0) is 13.7. The van der Waals surface area contributed by atoms with Crippen LogP contribution in [0.1, 0.15) is 23.1 Å². The van der Waals surface area contributed by atoms with Crippen LogP contribution in [0.5, 0.6) is 0 Å². The summed E-state index contributed by atoms with van der Waals surface area (Å²) >= 11 is 0. The summed E-state index contributed by atoms with van der Waals surface area (Å²) < 4.78 is 0. The molecule has 8 heteroatoms. The highest BCUT2D eigenvalue weighted by Gasteiger charge is 2.05. The van der Waals surface area contributed by atoms with Gasteiger partial charge in [-0.1, -0.05) is 17.3 Å². The van der Waals surface area contributed by atoms with Gasteiger partial charge in [0.15, 0.2) is 11.6 Å². The van der Waals surface area contributed by atoms with Crippen molar-refractivity contribution in [3.63, 3.8) is 0 Å². The summed E-state index contributed by atoms with van der Waals surface area (Å²) in [6.45, 7) is 1.63. The van der Waals surface area contributed by atoms with Crippen LogP contribution in [0.2, 0.25) is 0 Å². The van der Waals surface area contributed by atoms with Crippen molar-refractivity contribution in [2.24, 2.45) is 0 Å². The van der Waals surface area contributed by atoms with E-state index in [1.807, 2.05) is 0 Å². The molecule has 0 saturated carbocycles. The van der Waals surface area contributed by atoms with Gasteiger partial charge in [0.25, 0.3) is 0 Å². The van der Waals surface area contributed by atoms with Gasteiger partial charge in [-0.3, -0.25) is 4.79 Å². The van der Waals surface area contributed by atoms with E-state index in [0.29, 0.717) is 17.1 Å². The first-order valence-electron chi connectivity index (χ1n) is 5.53. The maximum absolute atomic E-state index is 11.6. The molecule has 0 atom stereocenters. The van der Waals surface area contributed by atoms with Crippen molar-refractivity contribution in [2.75, 3.05) is 5.32 Å². The number of Topliss-reactive ketones (excluding diaryl/α,β-unsaturated/α-hetero) is 1. The Morgan fingerprint density at radius 1 is 1.37 bits per heavy atom. The molecule has 0 aliphatic heterocycles. The molecule has 1 heterocycles. The lowest BCUT2D eigenvalue weighted by Crippen LogP contribution is -2.28. The van der Waals surface area contributed by atoms with Gasteiger partial charge in [0.1, 0.15) is 0 Å². The van der Waals surface area contributed by atoms with Gasteiger partial charge in [0, 0.05) is 11.3 Å². The molecule has 0 spiro atoms. The molecule has 3 N–H and O–H groups in total. The quantitative estimate of drug-likeness (QED) is 0.701. The summed E-state index contributed by atoms with van der Waals surface area (Å²) in [5, 5.41) is 18.2. The Hall–Kier alpha value is -2.77. The lowest BCUT2D eigenvalue weighted by molar-refractivity contribution is 0.101. The Morgan fingerprint density at radius 2 is 2.21 bits per heavy atom. The number of hydrogen-bond acceptors (Lipinski definition) is 5. The molecule has 2 amide bonds. The second kappa shape index (κ2) is 5.71. The molecule has 2 aromatic rings. The Kier molecular flexibility index (Phi) is 3.81. The summed E-state index contributed by atoms with van der Waals surface area (Å²) in [4.78, 5) is 22.8. The Labute approximate surface area is 108 Å². The van der Waals surface area contributed by atoms with E-state index in [9.17, 15) is 9.59 Å². The monoisotopic (exact) mass is 260 g/mol. The number of ketones is 1. The number of nitrogens with one attached hydrogen (secondary N) is 3. The van der Waals surface area contributed by atoms with Crippen LogP contribution in [-0.4, -0.2) is 32.4 Å². The zero-order valence-corrected chi connectivity index (χ0v) is 10.2. The van der Waals surface area contributed by atoms with Crippen molar-refractivity contribution in [1.29, 1.82) is 0 Å². The third-order valence-electron chi connectivity index (χ3n) is 2.32. The molecule has 1 aromatic heterocycles. The summed E-state index contributed by atoms with van der Waals surface area (Å²) in [5.74, 6) is 0.323. The number of tetrazole rings is 1. The number of aromatic amines is 1. The molecule has 0 unspecified atom stereocenters. The van der Waals surface area contributed by atoms with Crippen molar-refractivity contribution in [2.45, 2.75) is 13.5 Å². The second-order valence-electron chi connectivity index (χ2n) is 3.77. The summed E-state index contributed by atoms with van der Waals surface area (Å²) in [6, 6.07) is 6.28. The molecule has 8 nitrogen and oxygen atoms in total. The third kappa shape index (κ3) is 3.60. The second-order valence-corrected chi connectivity index (χ2v) is 3.77. The molecule has 0 aliphatic rings. The molecule has 0 radical (unpaired) electrons. The minimum Gasteiger partial charge on any atom is -0.330 e. The molecule has 0 saturated heterocycles. The molecule has 1 aromatic carbocycles. The number of aromatic nitrogens is 4. The van der Waals surface area contributed by atoms with Crippen molar-refractivity contribution in [1.82, 2.24) is 25.9 Å². The van der Waals surface area contributed by atoms with E-state index in [1.54, 1.807) is 24.3 Å². The number of urea groups is 1. The highest BCUT2D eigenvalue weighted by atomic mass is 16.2. The summed E-state index contributed by atoms with van der Waals surface area (Å²) in [7, 11) is 0. The molecule has 2 rings (SSSR count). The highest BCUT2D eigenvalue weighted by Crippen LogP contribution is 2.10. The predicted octanol–water partition coefficient (Wildman–Crippen LogP) is 0.724. The van der Waals surface area contributed by atoms with E-state index in [1.165, 1.54) is 6.92 Å². The molecule has 19 heavy (non-hydrogen) atoms. The number of hydrogen-bond donors (Lipinski definition) is 3. The maximum Gasteiger partial charge on any atom is 0.319 e. The van der Waals surface area contributed by atoms with Crippen LogP contribution in [-0.2, 0) is 6.54 Å². The smallest absolute Gasteiger partial charge is 0.319 e. The highest BCUT2D eigenvalue weighted by molar-refractivity contribution is 5.96. The van der Waals surface area contributed by atoms with Gasteiger partial charge in [-0.25, -0.2) is 4.79 Å². The van der Waals surface area contributed by atoms with Gasteiger partial charge in [0.2, 0.25) is 0 Å². The van der Waals surface area contributed by atoms with Gasteiger partial charge in [0.05, 0.1) is 6.54 Å². The molecular formula is C11H12N6O2. The van der Waals surface area contributed by atoms with Crippen LogP contribution >= 0.6 is 0 Å². The average Bonchev–Trinajstić information content (AvgIpc) is 2.90. The van der Waals surface area contributed by atoms with Crippen molar-refractivity contribution in [3.8, 4) is 0 Å². The van der Waals surface area contributed by atoms with Gasteiger partial charge >= 0.3 is 6.03 Å². The number of H-pyrrole nitrogens is 1. The standard InChI is InChI=1S/C11H12N6O2/c1-7(18)8-3-2-4-9(5-8)13-11(19)12-6-10-14-16-17-15-10/h2-5H,6H2,1H3,(H2,12,13,19)(H,14,15,16,17). The Morgan fingerprint density at radius 3 is 2.89 bits per heavy atom. The fourth-order valence-electron chi connectivity index (χ4n) is 1.41. The van der Waals surface area contributed by atoms with Crippen molar-refractivity contribution >= 4 is 17.5 Å². The summed E-state index contributed by atoms with van der Waals surface area (Å²) in [6.07, 6.45) is 0. The number of carbonyl (C=O) groups excluding carboxylic acids is 2. The van der Waals surface area contributed by atoms with Crippen LogP contribution in [0.3, 0.4) is 0 Å². The van der Waals surface area contributed by atoms with E-state index in [2.05, 4.69) is 31.3 Å². The SMILES string of the molecule is CC(=O)c1cccc(NC(=O)NCc2nn[nH]n2)c1. The number of benzene rings is 1. The van der Waals surface area contributed by atoms with E-state index in [4.69, 9.17) is 0 Å². The number of carbonyl (C=O) groups is 2. The topological polar surface area (TPSA) is 113 Å².